The number of halogens is 1. The smallest absolute Gasteiger partial charge is 0.344 e. The zero-order chi connectivity index (χ0) is 22.8. The van der Waals surface area contributed by atoms with Gasteiger partial charge in [0.2, 0.25) is 0 Å². The van der Waals surface area contributed by atoms with E-state index in [2.05, 4.69) is 10.00 Å². The quantitative estimate of drug-likeness (QED) is 0.683. The summed E-state index contributed by atoms with van der Waals surface area (Å²) in [6.07, 6.45) is 1.52. The van der Waals surface area contributed by atoms with Crippen LogP contribution in [0.5, 0.6) is 5.75 Å². The number of benzene rings is 1. The molecule has 1 N–H and O–H groups in total. The average molecular weight is 449 g/mol. The van der Waals surface area contributed by atoms with E-state index in [1.165, 1.54) is 17.8 Å². The van der Waals surface area contributed by atoms with E-state index in [-0.39, 0.29) is 30.2 Å². The lowest BCUT2D eigenvalue weighted by molar-refractivity contribution is 0.0284. The van der Waals surface area contributed by atoms with Gasteiger partial charge in [-0.3, -0.25) is 9.69 Å². The molecule has 1 atom stereocenters. The molecule has 0 unspecified atom stereocenters. The summed E-state index contributed by atoms with van der Waals surface area (Å²) in [7, 11) is 0. The van der Waals surface area contributed by atoms with E-state index >= 15 is 0 Å². The molecule has 2 aromatic rings. The van der Waals surface area contributed by atoms with Crippen molar-refractivity contribution in [2.75, 3.05) is 26.2 Å². The van der Waals surface area contributed by atoms with E-state index < -0.39 is 5.60 Å². The number of hydrogen-bond donors (Lipinski definition) is 1. The molecule has 0 aliphatic carbocycles. The number of rotatable bonds is 6. The van der Waals surface area contributed by atoms with Crippen LogP contribution in [0.25, 0.3) is 0 Å². The van der Waals surface area contributed by atoms with Gasteiger partial charge in [0.1, 0.15) is 18.1 Å². The Morgan fingerprint density at radius 1 is 1.29 bits per heavy atom. The number of amides is 1. The second-order valence-electron chi connectivity index (χ2n) is 8.59. The van der Waals surface area contributed by atoms with E-state index in [1.807, 2.05) is 19.1 Å². The maximum absolute atomic E-state index is 12.8. The van der Waals surface area contributed by atoms with Crippen LogP contribution in [0.15, 0.2) is 30.5 Å². The lowest BCUT2D eigenvalue weighted by Gasteiger charge is -2.39. The highest BCUT2D eigenvalue weighted by Gasteiger charge is 2.29. The average Bonchev–Trinajstić information content (AvgIpc) is 3.18. The number of ketones is 1. The molecule has 0 saturated carbocycles. The lowest BCUT2D eigenvalue weighted by Crippen LogP contribution is -2.54. The minimum atomic E-state index is -0.947. The van der Waals surface area contributed by atoms with Crippen molar-refractivity contribution >= 4 is 23.4 Å². The normalized spacial score (nSPS) is 17.6. The van der Waals surface area contributed by atoms with Crippen molar-refractivity contribution in [2.45, 2.75) is 45.9 Å². The van der Waals surface area contributed by atoms with Crippen LogP contribution in [0, 0.1) is 0 Å². The number of nitrogens with zero attached hydrogens (tertiary/aromatic N) is 4. The summed E-state index contributed by atoms with van der Waals surface area (Å²) in [5.74, 6) is 0.373. The Morgan fingerprint density at radius 3 is 2.65 bits per heavy atom. The Kier molecular flexibility index (Phi) is 7.03. The third-order valence-corrected chi connectivity index (χ3v) is 5.55. The summed E-state index contributed by atoms with van der Waals surface area (Å²) in [5.41, 5.74) is 0.262. The van der Waals surface area contributed by atoms with Gasteiger partial charge in [-0.1, -0.05) is 23.7 Å². The van der Waals surface area contributed by atoms with Gasteiger partial charge < -0.3 is 14.7 Å². The molecule has 2 heterocycles. The Hall–Kier alpha value is -2.42. The number of piperazine rings is 1. The molecule has 1 aliphatic rings. The number of carbonyl (C=O) groups excluding carboxylic acids is 2. The largest absolute Gasteiger partial charge is 0.489 e. The van der Waals surface area contributed by atoms with Crippen molar-refractivity contribution in [1.29, 1.82) is 0 Å². The van der Waals surface area contributed by atoms with Gasteiger partial charge in [0, 0.05) is 45.3 Å². The van der Waals surface area contributed by atoms with Crippen LogP contribution in [-0.4, -0.2) is 74.4 Å². The molecule has 31 heavy (non-hydrogen) atoms. The van der Waals surface area contributed by atoms with Crippen LogP contribution in [0.4, 0.5) is 4.79 Å². The number of aliphatic hydroxyl groups is 1. The Morgan fingerprint density at radius 2 is 2.03 bits per heavy atom. The van der Waals surface area contributed by atoms with Crippen molar-refractivity contribution in [3.63, 3.8) is 0 Å². The molecule has 8 nitrogen and oxygen atoms in total. The minimum Gasteiger partial charge on any atom is -0.489 e. The highest BCUT2D eigenvalue weighted by Crippen LogP contribution is 2.30. The minimum absolute atomic E-state index is 0.0281. The first-order chi connectivity index (χ1) is 14.5. The monoisotopic (exact) mass is 448 g/mol. The second-order valence-corrected chi connectivity index (χ2v) is 8.97. The van der Waals surface area contributed by atoms with Crippen LogP contribution >= 0.6 is 11.6 Å². The zero-order valence-corrected chi connectivity index (χ0v) is 19.1. The van der Waals surface area contributed by atoms with Crippen molar-refractivity contribution in [2.24, 2.45) is 0 Å². The Labute approximate surface area is 187 Å². The van der Waals surface area contributed by atoms with Gasteiger partial charge in [0.25, 0.3) is 0 Å². The van der Waals surface area contributed by atoms with E-state index in [0.717, 1.165) is 5.56 Å². The van der Waals surface area contributed by atoms with Crippen LogP contribution in [0.3, 0.4) is 0 Å². The van der Waals surface area contributed by atoms with Gasteiger partial charge in [-0.2, -0.15) is 9.78 Å². The fourth-order valence-electron chi connectivity index (χ4n) is 3.50. The van der Waals surface area contributed by atoms with E-state index in [4.69, 9.17) is 16.3 Å². The Bertz CT molecular complexity index is 953. The molecular weight excluding hydrogens is 420 g/mol. The molecule has 1 aromatic heterocycles. The second kappa shape index (κ2) is 9.38. The van der Waals surface area contributed by atoms with Gasteiger partial charge in [-0.15, -0.1) is 0 Å². The fourth-order valence-corrected chi connectivity index (χ4v) is 3.74. The van der Waals surface area contributed by atoms with Crippen molar-refractivity contribution < 1.29 is 19.4 Å². The first kappa shape index (κ1) is 23.2. The van der Waals surface area contributed by atoms with Gasteiger partial charge in [-0.25, -0.2) is 4.79 Å². The summed E-state index contributed by atoms with van der Waals surface area (Å²) < 4.78 is 6.91. The summed E-state index contributed by atoms with van der Waals surface area (Å²) in [6.45, 7) is 9.45. The molecule has 0 radical (unpaired) electrons. The molecule has 1 amide bonds. The first-order valence-corrected chi connectivity index (χ1v) is 10.7. The number of carbonyl (C=O) groups is 2. The summed E-state index contributed by atoms with van der Waals surface area (Å²) >= 11 is 6.54. The fraction of sp³-hybridized carbons (Fsp3) is 0.500. The SMILES string of the molecule is CC(=O)c1ccn(C(=O)N2CCN(Cc3cccc(OCC(C)(C)O)c3Cl)C[C@H]2C)n1. The van der Waals surface area contributed by atoms with Crippen LogP contribution in [0.1, 0.15) is 43.7 Å². The molecule has 9 heteroatoms. The van der Waals surface area contributed by atoms with Crippen LogP contribution in [0.2, 0.25) is 5.02 Å². The van der Waals surface area contributed by atoms with Gasteiger partial charge in [0.05, 0.1) is 10.6 Å². The van der Waals surface area contributed by atoms with Crippen molar-refractivity contribution in [1.82, 2.24) is 19.6 Å². The topological polar surface area (TPSA) is 87.9 Å². The maximum Gasteiger partial charge on any atom is 0.344 e. The summed E-state index contributed by atoms with van der Waals surface area (Å²) in [5, 5.41) is 14.5. The standard InChI is InChI=1S/C22H29ClN4O4/c1-15-12-25(10-11-26(15)21(29)27-9-8-18(24-27)16(2)28)13-17-6-5-7-19(20(17)23)31-14-22(3,4)30/h5-9,15,30H,10-14H2,1-4H3/t15-/m1/s1. The molecule has 1 aliphatic heterocycles. The van der Waals surface area contributed by atoms with Gasteiger partial charge >= 0.3 is 6.03 Å². The predicted molar refractivity (Wildman–Crippen MR) is 118 cm³/mol. The molecule has 1 aromatic carbocycles. The Balaban J connectivity index is 1.62. The molecule has 1 fully saturated rings. The molecular formula is C22H29ClN4O4. The summed E-state index contributed by atoms with van der Waals surface area (Å²) in [6, 6.07) is 6.91. The molecule has 3 rings (SSSR count). The molecule has 1 saturated heterocycles. The number of aromatic nitrogens is 2. The van der Waals surface area contributed by atoms with Crippen molar-refractivity contribution in [3.05, 3.63) is 46.7 Å². The maximum atomic E-state index is 12.8. The predicted octanol–water partition coefficient (Wildman–Crippen LogP) is 3.06. The highest BCUT2D eigenvalue weighted by molar-refractivity contribution is 6.32. The molecule has 168 valence electrons. The van der Waals surface area contributed by atoms with Gasteiger partial charge in [0.15, 0.2) is 5.78 Å². The van der Waals surface area contributed by atoms with E-state index in [1.54, 1.807) is 30.9 Å². The van der Waals surface area contributed by atoms with E-state index in [0.29, 0.717) is 37.0 Å². The van der Waals surface area contributed by atoms with Crippen molar-refractivity contribution in [3.8, 4) is 5.75 Å². The molecule has 0 bridgehead atoms. The number of Topliss-reactive ketones (excluding diaryl/α,β-unsaturated/α-hetero) is 1. The third kappa shape index (κ3) is 5.84. The first-order valence-electron chi connectivity index (χ1n) is 10.3. The highest BCUT2D eigenvalue weighted by atomic mass is 35.5. The van der Waals surface area contributed by atoms with Crippen LogP contribution < -0.4 is 4.74 Å². The number of hydrogen-bond acceptors (Lipinski definition) is 6. The number of ether oxygens (including phenoxy) is 1. The van der Waals surface area contributed by atoms with Crippen LogP contribution in [-0.2, 0) is 6.54 Å². The zero-order valence-electron chi connectivity index (χ0n) is 18.3. The van der Waals surface area contributed by atoms with E-state index in [9.17, 15) is 14.7 Å². The van der Waals surface area contributed by atoms with Gasteiger partial charge in [-0.05, 0) is 38.5 Å². The third-order valence-electron chi connectivity index (χ3n) is 5.12. The summed E-state index contributed by atoms with van der Waals surface area (Å²) in [4.78, 5) is 28.2. The molecule has 0 spiro atoms. The lowest BCUT2D eigenvalue weighted by atomic mass is 10.1.